The second kappa shape index (κ2) is 9.44. The van der Waals surface area contributed by atoms with Gasteiger partial charge >= 0.3 is 5.97 Å². The summed E-state index contributed by atoms with van der Waals surface area (Å²) in [6.45, 7) is 2.22. The van der Waals surface area contributed by atoms with Crippen LogP contribution in [-0.2, 0) is 14.3 Å². The summed E-state index contributed by atoms with van der Waals surface area (Å²) >= 11 is 0. The van der Waals surface area contributed by atoms with Crippen LogP contribution in [0.5, 0.6) is 0 Å². The summed E-state index contributed by atoms with van der Waals surface area (Å²) in [6.07, 6.45) is 0.372. The molecule has 0 amide bonds. The number of hydrogen-bond acceptors (Lipinski definition) is 5. The van der Waals surface area contributed by atoms with Crippen molar-refractivity contribution in [3.8, 4) is 0 Å². The number of aliphatic hydroxyl groups excluding tert-OH is 1. The van der Waals surface area contributed by atoms with Gasteiger partial charge in [-0.1, -0.05) is 0 Å². The molecule has 0 aliphatic heterocycles. The molecule has 0 aromatic rings. The maximum atomic E-state index is 10.6. The lowest BCUT2D eigenvalue weighted by Gasteiger charge is -2.03. The van der Waals surface area contributed by atoms with E-state index in [1.54, 1.807) is 0 Å². The van der Waals surface area contributed by atoms with Crippen LogP contribution >= 0.6 is 0 Å². The second-order valence-electron chi connectivity index (χ2n) is 2.41. The summed E-state index contributed by atoms with van der Waals surface area (Å²) in [5.41, 5.74) is 0. The van der Waals surface area contributed by atoms with Gasteiger partial charge in [-0.05, 0) is 0 Å². The molecule has 0 rings (SSSR count). The minimum atomic E-state index is -0.219. The van der Waals surface area contributed by atoms with Crippen LogP contribution in [0, 0.1) is 0 Å². The zero-order valence-corrected chi connectivity index (χ0v) is 7.91. The predicted molar refractivity (Wildman–Crippen MR) is 47.4 cm³/mol. The summed E-state index contributed by atoms with van der Waals surface area (Å²) in [4.78, 5) is 10.6. The van der Waals surface area contributed by atoms with Gasteiger partial charge in [0.05, 0.1) is 33.4 Å². The average molecular weight is 191 g/mol. The molecule has 0 aromatic heterocycles. The molecule has 0 aliphatic rings. The molecule has 0 unspecified atom stereocenters. The third kappa shape index (κ3) is 9.26. The van der Waals surface area contributed by atoms with Gasteiger partial charge in [-0.2, -0.15) is 0 Å². The number of methoxy groups -OCH3 is 1. The highest BCUT2D eigenvalue weighted by atomic mass is 16.5. The van der Waals surface area contributed by atoms with Crippen molar-refractivity contribution in [3.63, 3.8) is 0 Å². The molecule has 0 heterocycles. The molecule has 0 fully saturated rings. The standard InChI is InChI=1S/C8H17NO4/c1-12-8(11)2-3-9-4-6-13-7-5-10/h9-10H,2-7H2,1H3. The quantitative estimate of drug-likeness (QED) is 0.386. The van der Waals surface area contributed by atoms with E-state index in [9.17, 15) is 4.79 Å². The normalized spacial score (nSPS) is 10.0. The van der Waals surface area contributed by atoms with E-state index in [1.165, 1.54) is 7.11 Å². The minimum absolute atomic E-state index is 0.0438. The molecule has 5 nitrogen and oxygen atoms in total. The lowest BCUT2D eigenvalue weighted by Crippen LogP contribution is -2.23. The molecule has 0 saturated carbocycles. The Kier molecular flexibility index (Phi) is 8.97. The number of carbonyl (C=O) groups excluding carboxylic acids is 1. The fourth-order valence-corrected chi connectivity index (χ4v) is 0.728. The zero-order valence-electron chi connectivity index (χ0n) is 7.91. The molecule has 2 N–H and O–H groups in total. The molecular weight excluding hydrogens is 174 g/mol. The fraction of sp³-hybridized carbons (Fsp3) is 0.875. The topological polar surface area (TPSA) is 67.8 Å². The predicted octanol–water partition coefficient (Wildman–Crippen LogP) is -0.852. The van der Waals surface area contributed by atoms with Gasteiger partial charge in [-0.3, -0.25) is 4.79 Å². The third-order valence-electron chi connectivity index (χ3n) is 1.39. The Hall–Kier alpha value is -0.650. The second-order valence-corrected chi connectivity index (χ2v) is 2.41. The molecule has 78 valence electrons. The number of aliphatic hydroxyl groups is 1. The first-order valence-electron chi connectivity index (χ1n) is 4.27. The Bertz CT molecular complexity index is 129. The van der Waals surface area contributed by atoms with E-state index in [-0.39, 0.29) is 12.6 Å². The molecule has 5 heteroatoms. The van der Waals surface area contributed by atoms with E-state index in [1.807, 2.05) is 0 Å². The van der Waals surface area contributed by atoms with Gasteiger partial charge in [0.15, 0.2) is 0 Å². The highest BCUT2D eigenvalue weighted by molar-refractivity contribution is 5.69. The van der Waals surface area contributed by atoms with Crippen molar-refractivity contribution in [2.45, 2.75) is 6.42 Å². The van der Waals surface area contributed by atoms with Crippen molar-refractivity contribution in [2.24, 2.45) is 0 Å². The molecule has 0 saturated heterocycles. The number of nitrogens with one attached hydrogen (secondary N) is 1. The van der Waals surface area contributed by atoms with Crippen molar-refractivity contribution in [1.82, 2.24) is 5.32 Å². The number of carbonyl (C=O) groups is 1. The molecular formula is C8H17NO4. The lowest BCUT2D eigenvalue weighted by atomic mass is 10.4. The molecule has 13 heavy (non-hydrogen) atoms. The van der Waals surface area contributed by atoms with Gasteiger partial charge in [0.25, 0.3) is 0 Å². The highest BCUT2D eigenvalue weighted by Crippen LogP contribution is 1.80. The number of rotatable bonds is 8. The van der Waals surface area contributed by atoms with Crippen molar-refractivity contribution >= 4 is 5.97 Å². The van der Waals surface area contributed by atoms with Crippen LogP contribution in [0.2, 0.25) is 0 Å². The maximum absolute atomic E-state index is 10.6. The summed E-state index contributed by atoms with van der Waals surface area (Å²) in [5.74, 6) is -0.219. The number of ether oxygens (including phenoxy) is 2. The van der Waals surface area contributed by atoms with E-state index in [2.05, 4.69) is 10.1 Å². The van der Waals surface area contributed by atoms with Crippen LogP contribution in [0.15, 0.2) is 0 Å². The van der Waals surface area contributed by atoms with Crippen LogP contribution in [0.4, 0.5) is 0 Å². The Morgan fingerprint density at radius 2 is 2.15 bits per heavy atom. The minimum Gasteiger partial charge on any atom is -0.469 e. The zero-order chi connectivity index (χ0) is 9.94. The van der Waals surface area contributed by atoms with Crippen LogP contribution in [-0.4, -0.2) is 51.1 Å². The smallest absolute Gasteiger partial charge is 0.306 e. The summed E-state index contributed by atoms with van der Waals surface area (Å²) in [7, 11) is 1.37. The Balaban J connectivity index is 2.95. The van der Waals surface area contributed by atoms with Crippen LogP contribution in [0.25, 0.3) is 0 Å². The van der Waals surface area contributed by atoms with Gasteiger partial charge in [0.2, 0.25) is 0 Å². The van der Waals surface area contributed by atoms with Crippen molar-refractivity contribution < 1.29 is 19.4 Å². The Morgan fingerprint density at radius 1 is 1.38 bits per heavy atom. The van der Waals surface area contributed by atoms with Gasteiger partial charge in [-0.15, -0.1) is 0 Å². The average Bonchev–Trinajstić information content (AvgIpc) is 2.16. The molecule has 0 aromatic carbocycles. The van der Waals surface area contributed by atoms with Crippen molar-refractivity contribution in [1.29, 1.82) is 0 Å². The first-order chi connectivity index (χ1) is 6.31. The molecule has 0 aliphatic carbocycles. The van der Waals surface area contributed by atoms with Crippen LogP contribution < -0.4 is 5.32 Å². The van der Waals surface area contributed by atoms with Gasteiger partial charge in [-0.25, -0.2) is 0 Å². The SMILES string of the molecule is COC(=O)CCNCCOCCO. The van der Waals surface area contributed by atoms with Gasteiger partial charge in [0, 0.05) is 13.1 Å². The van der Waals surface area contributed by atoms with E-state index >= 15 is 0 Å². The highest BCUT2D eigenvalue weighted by Gasteiger charge is 1.97. The summed E-state index contributed by atoms with van der Waals surface area (Å²) in [6, 6.07) is 0. The van der Waals surface area contributed by atoms with Crippen molar-refractivity contribution in [3.05, 3.63) is 0 Å². The maximum Gasteiger partial charge on any atom is 0.306 e. The molecule has 0 spiro atoms. The first kappa shape index (κ1) is 12.3. The first-order valence-corrected chi connectivity index (χ1v) is 4.27. The fourth-order valence-electron chi connectivity index (χ4n) is 0.728. The summed E-state index contributed by atoms with van der Waals surface area (Å²) < 4.78 is 9.44. The number of esters is 1. The molecule has 0 bridgehead atoms. The lowest BCUT2D eigenvalue weighted by molar-refractivity contribution is -0.140. The van der Waals surface area contributed by atoms with Crippen LogP contribution in [0.1, 0.15) is 6.42 Å². The van der Waals surface area contributed by atoms with Gasteiger partial charge in [0.1, 0.15) is 0 Å². The largest absolute Gasteiger partial charge is 0.469 e. The van der Waals surface area contributed by atoms with Crippen LogP contribution in [0.3, 0.4) is 0 Å². The third-order valence-corrected chi connectivity index (χ3v) is 1.39. The van der Waals surface area contributed by atoms with E-state index < -0.39 is 0 Å². The Labute approximate surface area is 78.0 Å². The number of hydrogen-bond donors (Lipinski definition) is 2. The van der Waals surface area contributed by atoms with Crippen molar-refractivity contribution in [2.75, 3.05) is 40.0 Å². The Morgan fingerprint density at radius 3 is 2.77 bits per heavy atom. The molecule has 0 atom stereocenters. The van der Waals surface area contributed by atoms with Gasteiger partial charge < -0.3 is 19.9 Å². The van der Waals surface area contributed by atoms with E-state index in [0.717, 1.165) is 0 Å². The monoisotopic (exact) mass is 191 g/mol. The van der Waals surface area contributed by atoms with E-state index in [4.69, 9.17) is 9.84 Å². The van der Waals surface area contributed by atoms with E-state index in [0.29, 0.717) is 32.7 Å². The summed E-state index contributed by atoms with van der Waals surface area (Å²) in [5, 5.41) is 11.4. The molecule has 0 radical (unpaired) electrons.